The largest absolute Gasteiger partial charge is 0.394 e. The van der Waals surface area contributed by atoms with E-state index in [4.69, 9.17) is 9.47 Å². The lowest BCUT2D eigenvalue weighted by Gasteiger charge is -2.40. The van der Waals surface area contributed by atoms with Crippen LogP contribution in [0.15, 0.2) is 85.1 Å². The van der Waals surface area contributed by atoms with Gasteiger partial charge in [-0.05, 0) is 70.6 Å². The lowest BCUT2D eigenvalue weighted by atomic mass is 9.99. The molecule has 0 aromatic heterocycles. The molecule has 52 heavy (non-hydrogen) atoms. The number of allylic oxidation sites excluding steroid dienone is 13. The molecule has 7 atom stereocenters. The fourth-order valence-corrected chi connectivity index (χ4v) is 5.51. The highest BCUT2D eigenvalue weighted by Gasteiger charge is 2.44. The molecular formula is C43H71NO8. The molecule has 1 aliphatic rings. The minimum absolute atomic E-state index is 0.213. The minimum Gasteiger partial charge on any atom is -0.394 e. The van der Waals surface area contributed by atoms with Gasteiger partial charge in [0.25, 0.3) is 0 Å². The molecule has 1 heterocycles. The van der Waals surface area contributed by atoms with Crippen molar-refractivity contribution in [3.05, 3.63) is 85.1 Å². The number of aliphatic hydroxyl groups excluding tert-OH is 5. The average Bonchev–Trinajstić information content (AvgIpc) is 3.14. The molecule has 0 bridgehead atoms. The maximum atomic E-state index is 12.8. The van der Waals surface area contributed by atoms with Crippen molar-refractivity contribution in [2.45, 2.75) is 166 Å². The number of amides is 1. The van der Waals surface area contributed by atoms with E-state index in [0.29, 0.717) is 6.42 Å². The quantitative estimate of drug-likeness (QED) is 0.0336. The summed E-state index contributed by atoms with van der Waals surface area (Å²) in [6, 6.07) is -0.830. The van der Waals surface area contributed by atoms with Crippen molar-refractivity contribution in [2.75, 3.05) is 13.2 Å². The van der Waals surface area contributed by atoms with Gasteiger partial charge < -0.3 is 40.3 Å². The summed E-state index contributed by atoms with van der Waals surface area (Å²) >= 11 is 0. The third-order valence-electron chi connectivity index (χ3n) is 8.73. The Bertz CT molecular complexity index is 1080. The first kappa shape index (κ1) is 47.4. The molecule has 1 rings (SSSR count). The van der Waals surface area contributed by atoms with E-state index in [2.05, 4.69) is 92.1 Å². The summed E-state index contributed by atoms with van der Waals surface area (Å²) in [5.74, 6) is -0.228. The zero-order chi connectivity index (χ0) is 38.1. The average molecular weight is 730 g/mol. The summed E-state index contributed by atoms with van der Waals surface area (Å²) in [6.07, 6.45) is 37.8. The molecule has 296 valence electrons. The van der Waals surface area contributed by atoms with Gasteiger partial charge in [0.2, 0.25) is 5.91 Å². The number of ether oxygens (including phenoxy) is 2. The Morgan fingerprint density at radius 1 is 0.673 bits per heavy atom. The maximum Gasteiger partial charge on any atom is 0.220 e. The summed E-state index contributed by atoms with van der Waals surface area (Å²) in [7, 11) is 0. The van der Waals surface area contributed by atoms with E-state index < -0.39 is 49.5 Å². The van der Waals surface area contributed by atoms with Crippen molar-refractivity contribution >= 4 is 5.91 Å². The van der Waals surface area contributed by atoms with Gasteiger partial charge >= 0.3 is 0 Å². The van der Waals surface area contributed by atoms with E-state index in [1.165, 1.54) is 25.7 Å². The second-order valence-corrected chi connectivity index (χ2v) is 13.3. The third-order valence-corrected chi connectivity index (χ3v) is 8.73. The van der Waals surface area contributed by atoms with Gasteiger partial charge in [0, 0.05) is 6.42 Å². The third kappa shape index (κ3) is 23.8. The van der Waals surface area contributed by atoms with Gasteiger partial charge in [0.05, 0.1) is 25.4 Å². The number of rotatable bonds is 30. The van der Waals surface area contributed by atoms with Crippen LogP contribution in [0, 0.1) is 0 Å². The lowest BCUT2D eigenvalue weighted by Crippen LogP contribution is -2.60. The zero-order valence-corrected chi connectivity index (χ0v) is 32.0. The summed E-state index contributed by atoms with van der Waals surface area (Å²) < 4.78 is 11.1. The maximum absolute atomic E-state index is 12.8. The van der Waals surface area contributed by atoms with Gasteiger partial charge in [0.15, 0.2) is 6.29 Å². The zero-order valence-electron chi connectivity index (χ0n) is 32.0. The van der Waals surface area contributed by atoms with E-state index in [9.17, 15) is 30.3 Å². The van der Waals surface area contributed by atoms with E-state index in [1.54, 1.807) is 6.08 Å². The van der Waals surface area contributed by atoms with Crippen LogP contribution in [0.5, 0.6) is 0 Å². The van der Waals surface area contributed by atoms with Gasteiger partial charge in [-0.3, -0.25) is 4.79 Å². The van der Waals surface area contributed by atoms with E-state index in [1.807, 2.05) is 6.08 Å². The van der Waals surface area contributed by atoms with Gasteiger partial charge in [-0.1, -0.05) is 131 Å². The summed E-state index contributed by atoms with van der Waals surface area (Å²) in [4.78, 5) is 12.8. The minimum atomic E-state index is -1.58. The monoisotopic (exact) mass is 730 g/mol. The van der Waals surface area contributed by atoms with Crippen LogP contribution < -0.4 is 5.32 Å². The first-order chi connectivity index (χ1) is 25.3. The Morgan fingerprint density at radius 3 is 1.77 bits per heavy atom. The van der Waals surface area contributed by atoms with E-state index in [-0.39, 0.29) is 18.9 Å². The number of nitrogens with one attached hydrogen (secondary N) is 1. The molecule has 0 aromatic rings. The first-order valence-corrected chi connectivity index (χ1v) is 19.8. The Labute approximate surface area is 314 Å². The number of hydrogen-bond donors (Lipinski definition) is 6. The number of carbonyl (C=O) groups is 1. The fourth-order valence-electron chi connectivity index (χ4n) is 5.51. The molecule has 0 saturated carbocycles. The molecule has 1 fully saturated rings. The highest BCUT2D eigenvalue weighted by atomic mass is 16.7. The summed E-state index contributed by atoms with van der Waals surface area (Å²) in [5.41, 5.74) is 0. The fraction of sp³-hybridized carbons (Fsp3) is 0.651. The number of hydrogen-bond acceptors (Lipinski definition) is 8. The van der Waals surface area contributed by atoms with Crippen LogP contribution >= 0.6 is 0 Å². The number of carbonyl (C=O) groups excluding carboxylic acids is 1. The standard InChI is InChI=1S/C43H71NO8/c1-3-5-7-9-11-13-14-15-16-17-18-19-20-21-22-23-24-25-27-29-31-33-39(47)44-36(37(46)32-30-28-26-12-10-8-6-4-2)35-51-43-42(50)41(49)40(48)38(34-45)52-43/h5,7,11,13,15-16,18-19,21-22,24-25,30,32,36-38,40-43,45-46,48-50H,3-4,6,8-10,12,14,17,20,23,26-29,31,33-35H2,1-2H3,(H,44,47)/b7-5-,13-11-,16-15-,19-18-,22-21-,25-24-,32-30+. The van der Waals surface area contributed by atoms with Crippen molar-refractivity contribution in [2.24, 2.45) is 0 Å². The van der Waals surface area contributed by atoms with Crippen LogP contribution in [0.3, 0.4) is 0 Å². The number of unbranched alkanes of at least 4 members (excludes halogenated alkanes) is 8. The molecule has 6 N–H and O–H groups in total. The van der Waals surface area contributed by atoms with Crippen LogP contribution in [-0.4, -0.2) is 87.5 Å². The van der Waals surface area contributed by atoms with Crippen LogP contribution in [0.4, 0.5) is 0 Å². The van der Waals surface area contributed by atoms with Crippen LogP contribution in [0.2, 0.25) is 0 Å². The second-order valence-electron chi connectivity index (χ2n) is 13.3. The molecule has 0 spiro atoms. The summed E-state index contributed by atoms with van der Waals surface area (Å²) in [6.45, 7) is 3.54. The smallest absolute Gasteiger partial charge is 0.220 e. The first-order valence-electron chi connectivity index (χ1n) is 19.8. The predicted molar refractivity (Wildman–Crippen MR) is 211 cm³/mol. The second kappa shape index (κ2) is 33.0. The molecule has 1 amide bonds. The van der Waals surface area contributed by atoms with Crippen molar-refractivity contribution in [1.82, 2.24) is 5.32 Å². The molecule has 0 aromatic carbocycles. The van der Waals surface area contributed by atoms with Gasteiger partial charge in [-0.2, -0.15) is 0 Å². The van der Waals surface area contributed by atoms with Crippen LogP contribution in [0.25, 0.3) is 0 Å². The molecule has 0 radical (unpaired) electrons. The highest BCUT2D eigenvalue weighted by Crippen LogP contribution is 2.22. The number of aliphatic hydroxyl groups is 5. The Balaban J connectivity index is 2.41. The molecule has 0 aliphatic carbocycles. The van der Waals surface area contributed by atoms with E-state index in [0.717, 1.165) is 70.6 Å². The van der Waals surface area contributed by atoms with Crippen molar-refractivity contribution < 1.29 is 39.8 Å². The Kier molecular flexibility index (Phi) is 30.1. The molecule has 9 heteroatoms. The van der Waals surface area contributed by atoms with Gasteiger partial charge in [-0.25, -0.2) is 0 Å². The lowest BCUT2D eigenvalue weighted by molar-refractivity contribution is -0.302. The van der Waals surface area contributed by atoms with Crippen molar-refractivity contribution in [3.8, 4) is 0 Å². The molecular weight excluding hydrogens is 658 g/mol. The molecule has 7 unspecified atom stereocenters. The topological polar surface area (TPSA) is 149 Å². The Hall–Kier alpha value is -2.63. The van der Waals surface area contributed by atoms with Crippen molar-refractivity contribution in [1.29, 1.82) is 0 Å². The molecule has 9 nitrogen and oxygen atoms in total. The normalized spacial score (nSPS) is 22.8. The SMILES string of the molecule is CC/C=C\C/C=C\C/C=C\C/C=C\C/C=C\C/C=C\CCCCC(=O)NC(COC1OC(CO)C(O)C(O)C1O)C(O)/C=C/CCCCCCCC. The van der Waals surface area contributed by atoms with Crippen LogP contribution in [0.1, 0.15) is 123 Å². The van der Waals surface area contributed by atoms with Gasteiger partial charge in [-0.15, -0.1) is 0 Å². The van der Waals surface area contributed by atoms with Gasteiger partial charge in [0.1, 0.15) is 24.4 Å². The Morgan fingerprint density at radius 2 is 1.19 bits per heavy atom. The molecule has 1 saturated heterocycles. The predicted octanol–water partition coefficient (Wildman–Crippen LogP) is 7.21. The highest BCUT2D eigenvalue weighted by molar-refractivity contribution is 5.76. The van der Waals surface area contributed by atoms with Crippen LogP contribution in [-0.2, 0) is 14.3 Å². The van der Waals surface area contributed by atoms with E-state index >= 15 is 0 Å². The summed E-state index contributed by atoms with van der Waals surface area (Å²) in [5, 5.41) is 53.8. The van der Waals surface area contributed by atoms with Crippen molar-refractivity contribution in [3.63, 3.8) is 0 Å². The molecule has 1 aliphatic heterocycles.